The molecule has 28 heavy (non-hydrogen) atoms. The monoisotopic (exact) mass is 399 g/mol. The lowest BCUT2D eigenvalue weighted by Crippen LogP contribution is -2.44. The fourth-order valence-electron chi connectivity index (χ4n) is 4.77. The van der Waals surface area contributed by atoms with Crippen molar-refractivity contribution < 1.29 is 4.79 Å². The number of benzene rings is 2. The Bertz CT molecular complexity index is 874. The third kappa shape index (κ3) is 3.40. The van der Waals surface area contributed by atoms with E-state index in [1.54, 1.807) is 0 Å². The Balaban J connectivity index is 0.00000225. The molecule has 4 nitrogen and oxygen atoms in total. The van der Waals surface area contributed by atoms with E-state index in [2.05, 4.69) is 54.4 Å². The highest BCUT2D eigenvalue weighted by molar-refractivity contribution is 6.03. The largest absolute Gasteiger partial charge is 0.368 e. The van der Waals surface area contributed by atoms with E-state index in [-0.39, 0.29) is 18.3 Å². The highest BCUT2D eigenvalue weighted by atomic mass is 35.5. The van der Waals surface area contributed by atoms with Crippen molar-refractivity contribution in [2.75, 3.05) is 31.1 Å². The van der Waals surface area contributed by atoms with Crippen LogP contribution in [-0.4, -0.2) is 32.1 Å². The summed E-state index contributed by atoms with van der Waals surface area (Å²) in [7, 11) is 0. The van der Waals surface area contributed by atoms with Gasteiger partial charge in [0, 0.05) is 32.1 Å². The Hall–Kier alpha value is -2.04. The van der Waals surface area contributed by atoms with E-state index in [0.717, 1.165) is 56.7 Å². The van der Waals surface area contributed by atoms with Gasteiger partial charge in [-0.15, -0.1) is 12.4 Å². The molecule has 3 N–H and O–H groups in total. The van der Waals surface area contributed by atoms with Crippen LogP contribution in [0.4, 0.5) is 5.69 Å². The van der Waals surface area contributed by atoms with Gasteiger partial charge in [0.25, 0.3) is 5.91 Å². The Morgan fingerprint density at radius 1 is 1.21 bits per heavy atom. The van der Waals surface area contributed by atoms with Gasteiger partial charge < -0.3 is 16.0 Å². The molecule has 150 valence electrons. The third-order valence-corrected chi connectivity index (χ3v) is 6.09. The molecule has 0 spiro atoms. The van der Waals surface area contributed by atoms with Crippen LogP contribution in [0.25, 0.3) is 11.1 Å². The van der Waals surface area contributed by atoms with Gasteiger partial charge in [-0.2, -0.15) is 0 Å². The maximum Gasteiger partial charge on any atom is 0.251 e. The molecule has 1 aliphatic heterocycles. The van der Waals surface area contributed by atoms with Gasteiger partial charge in [0.05, 0.1) is 11.3 Å². The number of hydrogen-bond acceptors (Lipinski definition) is 3. The summed E-state index contributed by atoms with van der Waals surface area (Å²) in [4.78, 5) is 14.9. The first-order valence-corrected chi connectivity index (χ1v) is 10.2. The molecule has 1 fully saturated rings. The van der Waals surface area contributed by atoms with Crippen LogP contribution in [0.5, 0.6) is 0 Å². The molecule has 1 aliphatic carbocycles. The molecule has 1 atom stereocenters. The van der Waals surface area contributed by atoms with Crippen LogP contribution in [0.15, 0.2) is 30.3 Å². The number of primary amides is 1. The summed E-state index contributed by atoms with van der Waals surface area (Å²) >= 11 is 0. The van der Waals surface area contributed by atoms with E-state index in [0.29, 0.717) is 5.92 Å². The molecular weight excluding hydrogens is 370 g/mol. The van der Waals surface area contributed by atoms with E-state index in [1.807, 2.05) is 0 Å². The molecule has 1 saturated heterocycles. The average molecular weight is 400 g/mol. The second-order valence-electron chi connectivity index (χ2n) is 7.72. The third-order valence-electron chi connectivity index (χ3n) is 6.09. The maximum absolute atomic E-state index is 12.6. The van der Waals surface area contributed by atoms with E-state index in [9.17, 15) is 4.79 Å². The number of hydrogen-bond donors (Lipinski definition) is 2. The normalized spacial score (nSPS) is 17.6. The molecule has 0 aromatic heterocycles. The van der Waals surface area contributed by atoms with Crippen LogP contribution in [0.1, 0.15) is 59.7 Å². The summed E-state index contributed by atoms with van der Waals surface area (Å²) in [6.07, 6.45) is 3.09. The standard InChI is InChI=1S/C23H29N3O.ClH/c1-3-4-7-18-21-15(2)16-8-5-6-9-17(16)19(21)14-20(22(18)23(24)27)26-12-10-25-11-13-26;/h5-6,8-9,14-15,25H,3-4,7,10-13H2,1-2H3,(H2,24,27);1H. The SMILES string of the molecule is CCCCc1c(C(N)=O)c(N2CCNCC2)cc2c1C(C)c1ccccc1-2.Cl. The topological polar surface area (TPSA) is 58.4 Å². The maximum atomic E-state index is 12.6. The van der Waals surface area contributed by atoms with Crippen molar-refractivity contribution >= 4 is 24.0 Å². The van der Waals surface area contributed by atoms with Gasteiger partial charge in [0.1, 0.15) is 0 Å². The number of nitrogens with one attached hydrogen (secondary N) is 1. The number of rotatable bonds is 5. The molecular formula is C23H30ClN3O. The quantitative estimate of drug-likeness (QED) is 0.796. The summed E-state index contributed by atoms with van der Waals surface area (Å²) in [6, 6.07) is 10.9. The van der Waals surface area contributed by atoms with Crippen molar-refractivity contribution in [3.8, 4) is 11.1 Å². The smallest absolute Gasteiger partial charge is 0.251 e. The lowest BCUT2D eigenvalue weighted by molar-refractivity contribution is 0.0999. The van der Waals surface area contributed by atoms with Gasteiger partial charge in [-0.1, -0.05) is 44.5 Å². The number of amides is 1. The van der Waals surface area contributed by atoms with Gasteiger partial charge in [0.15, 0.2) is 0 Å². The minimum absolute atomic E-state index is 0. The van der Waals surface area contributed by atoms with Crippen molar-refractivity contribution in [2.45, 2.75) is 39.0 Å². The predicted molar refractivity (Wildman–Crippen MR) is 119 cm³/mol. The van der Waals surface area contributed by atoms with Crippen LogP contribution in [-0.2, 0) is 6.42 Å². The van der Waals surface area contributed by atoms with Gasteiger partial charge in [-0.3, -0.25) is 4.79 Å². The Morgan fingerprint density at radius 2 is 1.93 bits per heavy atom. The van der Waals surface area contributed by atoms with Gasteiger partial charge >= 0.3 is 0 Å². The molecule has 1 unspecified atom stereocenters. The van der Waals surface area contributed by atoms with Crippen LogP contribution >= 0.6 is 12.4 Å². The minimum Gasteiger partial charge on any atom is -0.368 e. The zero-order chi connectivity index (χ0) is 19.0. The Labute approximate surface area is 173 Å². The summed E-state index contributed by atoms with van der Waals surface area (Å²) in [5, 5.41) is 3.40. The second kappa shape index (κ2) is 8.54. The highest BCUT2D eigenvalue weighted by Gasteiger charge is 2.33. The second-order valence-corrected chi connectivity index (χ2v) is 7.72. The van der Waals surface area contributed by atoms with Crippen molar-refractivity contribution in [3.63, 3.8) is 0 Å². The van der Waals surface area contributed by atoms with Crippen LogP contribution in [0.3, 0.4) is 0 Å². The average Bonchev–Trinajstić information content (AvgIpc) is 2.98. The number of unbranched alkanes of at least 4 members (excludes halogenated alkanes) is 1. The highest BCUT2D eigenvalue weighted by Crippen LogP contribution is 2.49. The first kappa shape index (κ1) is 20.7. The summed E-state index contributed by atoms with van der Waals surface area (Å²) < 4.78 is 0. The molecule has 1 amide bonds. The molecule has 4 rings (SSSR count). The van der Waals surface area contributed by atoms with Gasteiger partial charge in [0.2, 0.25) is 0 Å². The minimum atomic E-state index is -0.291. The summed E-state index contributed by atoms with van der Waals surface area (Å²) in [5.74, 6) is 0.0128. The van der Waals surface area contributed by atoms with Crippen molar-refractivity contribution in [1.82, 2.24) is 5.32 Å². The summed E-state index contributed by atoms with van der Waals surface area (Å²) in [6.45, 7) is 8.14. The van der Waals surface area contributed by atoms with Crippen molar-refractivity contribution in [1.29, 1.82) is 0 Å². The Kier molecular flexibility index (Phi) is 6.31. The number of carbonyl (C=O) groups excluding carboxylic acids is 1. The fraction of sp³-hybridized carbons (Fsp3) is 0.435. The van der Waals surface area contributed by atoms with Crippen molar-refractivity contribution in [2.24, 2.45) is 5.73 Å². The van der Waals surface area contributed by atoms with Crippen LogP contribution < -0.4 is 16.0 Å². The number of piperazine rings is 1. The number of nitrogens with zero attached hydrogens (tertiary/aromatic N) is 1. The zero-order valence-corrected chi connectivity index (χ0v) is 17.6. The lowest BCUT2D eigenvalue weighted by Gasteiger charge is -2.32. The molecule has 2 aliphatic rings. The van der Waals surface area contributed by atoms with E-state index in [1.165, 1.54) is 27.8 Å². The molecule has 2 aromatic rings. The van der Waals surface area contributed by atoms with Crippen LogP contribution in [0.2, 0.25) is 0 Å². The lowest BCUT2D eigenvalue weighted by atomic mass is 9.86. The molecule has 0 radical (unpaired) electrons. The van der Waals surface area contributed by atoms with E-state index in [4.69, 9.17) is 5.73 Å². The van der Waals surface area contributed by atoms with E-state index < -0.39 is 0 Å². The molecule has 0 bridgehead atoms. The molecule has 0 saturated carbocycles. The molecule has 2 aromatic carbocycles. The first-order chi connectivity index (χ1) is 13.1. The fourth-order valence-corrected chi connectivity index (χ4v) is 4.77. The first-order valence-electron chi connectivity index (χ1n) is 10.2. The predicted octanol–water partition coefficient (Wildman–Crippen LogP) is 4.09. The number of nitrogens with two attached hydrogens (primary N) is 1. The van der Waals surface area contributed by atoms with E-state index >= 15 is 0 Å². The number of anilines is 1. The van der Waals surface area contributed by atoms with Crippen molar-refractivity contribution in [3.05, 3.63) is 52.6 Å². The number of carbonyl (C=O) groups is 1. The number of halogens is 1. The van der Waals surface area contributed by atoms with Gasteiger partial charge in [-0.25, -0.2) is 0 Å². The Morgan fingerprint density at radius 3 is 2.61 bits per heavy atom. The zero-order valence-electron chi connectivity index (χ0n) is 16.8. The van der Waals surface area contributed by atoms with Crippen LogP contribution in [0, 0.1) is 0 Å². The van der Waals surface area contributed by atoms with Gasteiger partial charge in [-0.05, 0) is 46.7 Å². The molecule has 1 heterocycles. The number of fused-ring (bicyclic) bond motifs is 3. The summed E-state index contributed by atoms with van der Waals surface area (Å²) in [5.41, 5.74) is 14.2. The molecule has 5 heteroatoms.